The Balaban J connectivity index is 1.97. The Morgan fingerprint density at radius 1 is 1.24 bits per heavy atom. The summed E-state index contributed by atoms with van der Waals surface area (Å²) in [7, 11) is 1.89. The molecule has 1 aliphatic carbocycles. The molecule has 0 spiro atoms. The number of hydrogen-bond acceptors (Lipinski definition) is 2. The van der Waals surface area contributed by atoms with E-state index >= 15 is 0 Å². The fourth-order valence-corrected chi connectivity index (χ4v) is 2.97. The fourth-order valence-electron chi connectivity index (χ4n) is 2.97. The van der Waals surface area contributed by atoms with E-state index in [1.165, 1.54) is 0 Å². The fraction of sp³-hybridized carbons (Fsp3) is 0.500. The molecular weight excluding hydrogens is 262 g/mol. The third-order valence-electron chi connectivity index (χ3n) is 4.54. The molecule has 1 fully saturated rings. The molecule has 3 nitrogen and oxygen atoms in total. The summed E-state index contributed by atoms with van der Waals surface area (Å²) in [6.07, 6.45) is 5.74. The zero-order valence-electron chi connectivity index (χ0n) is 13.0. The van der Waals surface area contributed by atoms with Gasteiger partial charge in [-0.25, -0.2) is 0 Å². The molecule has 0 aliphatic heterocycles. The van der Waals surface area contributed by atoms with Gasteiger partial charge in [0, 0.05) is 25.8 Å². The Kier molecular flexibility index (Phi) is 5.57. The Labute approximate surface area is 127 Å². The predicted octanol–water partition coefficient (Wildman–Crippen LogP) is 3.10. The van der Waals surface area contributed by atoms with Gasteiger partial charge in [0.15, 0.2) is 0 Å². The second-order valence-electron chi connectivity index (χ2n) is 6.00. The molecule has 1 aliphatic rings. The maximum Gasteiger partial charge on any atom is 0.246 e. The number of likely N-dealkylation sites (N-methyl/N-ethyl adjacent to an activating group) is 1. The first-order valence-corrected chi connectivity index (χ1v) is 7.73. The van der Waals surface area contributed by atoms with E-state index in [4.69, 9.17) is 0 Å². The number of amides is 1. The third kappa shape index (κ3) is 4.18. The van der Waals surface area contributed by atoms with Crippen LogP contribution in [0.15, 0.2) is 36.4 Å². The third-order valence-corrected chi connectivity index (χ3v) is 4.54. The van der Waals surface area contributed by atoms with Crippen LogP contribution in [0.3, 0.4) is 0 Å². The van der Waals surface area contributed by atoms with Crippen molar-refractivity contribution in [2.45, 2.75) is 38.6 Å². The van der Waals surface area contributed by atoms with E-state index < -0.39 is 0 Å². The molecule has 0 aromatic heterocycles. The van der Waals surface area contributed by atoms with Crippen molar-refractivity contribution in [2.24, 2.45) is 5.92 Å². The first-order valence-electron chi connectivity index (χ1n) is 7.73. The smallest absolute Gasteiger partial charge is 0.246 e. The maximum absolute atomic E-state index is 12.4. The molecule has 3 heteroatoms. The van der Waals surface area contributed by atoms with Gasteiger partial charge in [0.2, 0.25) is 5.91 Å². The summed E-state index contributed by atoms with van der Waals surface area (Å²) in [6.45, 7) is 2.25. The van der Waals surface area contributed by atoms with Gasteiger partial charge in [-0.2, -0.15) is 0 Å². The van der Waals surface area contributed by atoms with Crippen molar-refractivity contribution >= 4 is 11.5 Å². The zero-order valence-corrected chi connectivity index (χ0v) is 13.0. The highest BCUT2D eigenvalue weighted by molar-refractivity contribution is 5.94. The van der Waals surface area contributed by atoms with Gasteiger partial charge in [-0.05, 0) is 49.7 Å². The van der Waals surface area contributed by atoms with Crippen LogP contribution in [0.1, 0.15) is 38.2 Å². The number of allylic oxidation sites excluding steroid dienone is 1. The van der Waals surface area contributed by atoms with E-state index in [0.717, 1.165) is 36.8 Å². The van der Waals surface area contributed by atoms with Crippen molar-refractivity contribution in [3.05, 3.63) is 42.0 Å². The van der Waals surface area contributed by atoms with Crippen molar-refractivity contribution in [1.82, 2.24) is 4.90 Å². The number of rotatable bonds is 4. The van der Waals surface area contributed by atoms with Gasteiger partial charge in [0.1, 0.15) is 0 Å². The Morgan fingerprint density at radius 2 is 1.86 bits per heavy atom. The molecule has 1 aromatic carbocycles. The van der Waals surface area contributed by atoms with Crippen LogP contribution >= 0.6 is 0 Å². The number of carbonyl (C=O) groups excluding carboxylic acids is 1. The first-order chi connectivity index (χ1) is 10.1. The van der Waals surface area contributed by atoms with E-state index in [9.17, 15) is 9.90 Å². The topological polar surface area (TPSA) is 40.5 Å². The van der Waals surface area contributed by atoms with E-state index in [1.807, 2.05) is 49.2 Å². The minimum atomic E-state index is 0.0730. The number of aliphatic hydroxyl groups is 1. The number of hydrogen-bond donors (Lipinski definition) is 1. The molecule has 0 saturated heterocycles. The van der Waals surface area contributed by atoms with Crippen LogP contribution < -0.4 is 0 Å². The highest BCUT2D eigenvalue weighted by Gasteiger charge is 2.25. The number of aliphatic hydroxyl groups excluding tert-OH is 1. The molecule has 0 bridgehead atoms. The molecule has 0 heterocycles. The van der Waals surface area contributed by atoms with Crippen LogP contribution in [-0.4, -0.2) is 35.6 Å². The molecule has 0 unspecified atom stereocenters. The quantitative estimate of drug-likeness (QED) is 0.864. The van der Waals surface area contributed by atoms with Crippen LogP contribution in [0.4, 0.5) is 0 Å². The van der Waals surface area contributed by atoms with Crippen molar-refractivity contribution < 1.29 is 9.90 Å². The molecule has 1 N–H and O–H groups in total. The van der Waals surface area contributed by atoms with Crippen LogP contribution in [0.5, 0.6) is 0 Å². The van der Waals surface area contributed by atoms with E-state index in [2.05, 4.69) is 0 Å². The average Bonchev–Trinajstić information content (AvgIpc) is 2.55. The van der Waals surface area contributed by atoms with E-state index in [0.29, 0.717) is 12.0 Å². The van der Waals surface area contributed by atoms with Crippen LogP contribution in [0.25, 0.3) is 5.57 Å². The van der Waals surface area contributed by atoms with Crippen LogP contribution in [0.2, 0.25) is 0 Å². The van der Waals surface area contributed by atoms with E-state index in [-0.39, 0.29) is 12.5 Å². The van der Waals surface area contributed by atoms with Gasteiger partial charge in [-0.1, -0.05) is 30.3 Å². The summed E-state index contributed by atoms with van der Waals surface area (Å²) >= 11 is 0. The summed E-state index contributed by atoms with van der Waals surface area (Å²) in [5.41, 5.74) is 2.08. The SMILES string of the molecule is C/C(=C/C(=O)N(C)C1CCC(CO)CC1)c1ccccc1. The summed E-state index contributed by atoms with van der Waals surface area (Å²) in [6, 6.07) is 10.3. The normalized spacial score (nSPS) is 22.9. The summed E-state index contributed by atoms with van der Waals surface area (Å²) < 4.78 is 0. The van der Waals surface area contributed by atoms with Gasteiger partial charge < -0.3 is 10.0 Å². The molecule has 1 amide bonds. The van der Waals surface area contributed by atoms with Crippen LogP contribution in [0, 0.1) is 5.92 Å². The molecular formula is C18H25NO2. The Morgan fingerprint density at radius 3 is 2.43 bits per heavy atom. The zero-order chi connectivity index (χ0) is 15.2. The summed E-state index contributed by atoms with van der Waals surface area (Å²) in [5.74, 6) is 0.496. The van der Waals surface area contributed by atoms with Crippen molar-refractivity contribution in [3.63, 3.8) is 0 Å². The summed E-state index contributed by atoms with van der Waals surface area (Å²) in [5, 5.41) is 9.18. The number of benzene rings is 1. The highest BCUT2D eigenvalue weighted by atomic mass is 16.3. The molecule has 114 valence electrons. The van der Waals surface area contributed by atoms with Gasteiger partial charge >= 0.3 is 0 Å². The Hall–Kier alpha value is -1.61. The second-order valence-corrected chi connectivity index (χ2v) is 6.00. The molecule has 1 aromatic rings. The lowest BCUT2D eigenvalue weighted by molar-refractivity contribution is -0.127. The monoisotopic (exact) mass is 287 g/mol. The van der Waals surface area contributed by atoms with Crippen molar-refractivity contribution in [3.8, 4) is 0 Å². The second kappa shape index (κ2) is 7.41. The van der Waals surface area contributed by atoms with Crippen molar-refractivity contribution in [2.75, 3.05) is 13.7 Å². The molecule has 2 rings (SSSR count). The number of carbonyl (C=O) groups is 1. The molecule has 0 radical (unpaired) electrons. The van der Waals surface area contributed by atoms with Crippen LogP contribution in [-0.2, 0) is 4.79 Å². The minimum Gasteiger partial charge on any atom is -0.396 e. The van der Waals surface area contributed by atoms with Gasteiger partial charge in [-0.3, -0.25) is 4.79 Å². The molecule has 1 saturated carbocycles. The molecule has 0 atom stereocenters. The standard InChI is InChI=1S/C18H25NO2/c1-14(16-6-4-3-5-7-16)12-18(21)19(2)17-10-8-15(13-20)9-11-17/h3-7,12,15,17,20H,8-11,13H2,1-2H3/b14-12-. The van der Waals surface area contributed by atoms with E-state index in [1.54, 1.807) is 6.08 Å². The highest BCUT2D eigenvalue weighted by Crippen LogP contribution is 2.27. The predicted molar refractivity (Wildman–Crippen MR) is 85.7 cm³/mol. The van der Waals surface area contributed by atoms with Gasteiger partial charge in [0.05, 0.1) is 0 Å². The number of nitrogens with zero attached hydrogens (tertiary/aromatic N) is 1. The lowest BCUT2D eigenvalue weighted by atomic mass is 9.86. The molecule has 21 heavy (non-hydrogen) atoms. The lowest BCUT2D eigenvalue weighted by Gasteiger charge is -2.33. The Bertz CT molecular complexity index is 487. The maximum atomic E-state index is 12.4. The largest absolute Gasteiger partial charge is 0.396 e. The summed E-state index contributed by atoms with van der Waals surface area (Å²) in [4.78, 5) is 14.2. The first kappa shape index (κ1) is 15.8. The van der Waals surface area contributed by atoms with Gasteiger partial charge in [-0.15, -0.1) is 0 Å². The average molecular weight is 287 g/mol. The van der Waals surface area contributed by atoms with Gasteiger partial charge in [0.25, 0.3) is 0 Å². The van der Waals surface area contributed by atoms with Crippen molar-refractivity contribution in [1.29, 1.82) is 0 Å². The minimum absolute atomic E-state index is 0.0730. The lowest BCUT2D eigenvalue weighted by Crippen LogP contribution is -2.39.